The number of ether oxygens (including phenoxy) is 1. The van der Waals surface area contributed by atoms with Crippen LogP contribution in [0.1, 0.15) is 43.7 Å². The van der Waals surface area contributed by atoms with E-state index in [4.69, 9.17) is 4.74 Å². The van der Waals surface area contributed by atoms with Crippen molar-refractivity contribution in [3.8, 4) is 5.75 Å². The van der Waals surface area contributed by atoms with Crippen LogP contribution >= 0.6 is 0 Å². The van der Waals surface area contributed by atoms with Crippen LogP contribution in [-0.2, 0) is 11.2 Å². The number of hydrogen-bond acceptors (Lipinski definition) is 4. The molecular weight excluding hydrogens is 316 g/mol. The van der Waals surface area contributed by atoms with E-state index in [0.717, 1.165) is 37.9 Å². The van der Waals surface area contributed by atoms with Crippen LogP contribution in [0.2, 0.25) is 0 Å². The van der Waals surface area contributed by atoms with Gasteiger partial charge in [-0.05, 0) is 49.8 Å². The summed E-state index contributed by atoms with van der Waals surface area (Å²) in [7, 11) is 1.66. The van der Waals surface area contributed by atoms with Gasteiger partial charge in [-0.15, -0.1) is 0 Å². The summed E-state index contributed by atoms with van der Waals surface area (Å²) in [6.07, 6.45) is 8.97. The fraction of sp³-hybridized carbons (Fsp3) is 0.526. The standard InChI is InChI=1S/C19H24N4O2/c1-25-18-7-2-14(3-8-18)4-9-19(24)22-15-5-6-16(22)13-17(12-15)23-20-10-11-21-23/h2-3,7-8,10-11,15-17H,4-6,9,12-13H2,1H3/t15-,16-/m0/s1. The molecular formula is C19H24N4O2. The lowest BCUT2D eigenvalue weighted by atomic mass is 9.97. The van der Waals surface area contributed by atoms with E-state index >= 15 is 0 Å². The molecule has 1 amide bonds. The fourth-order valence-electron chi connectivity index (χ4n) is 4.33. The van der Waals surface area contributed by atoms with Crippen molar-refractivity contribution in [3.63, 3.8) is 0 Å². The first-order valence-electron chi connectivity index (χ1n) is 9.04. The van der Waals surface area contributed by atoms with E-state index in [1.165, 1.54) is 5.56 Å². The molecule has 0 saturated carbocycles. The van der Waals surface area contributed by atoms with Gasteiger partial charge in [-0.2, -0.15) is 15.0 Å². The molecule has 3 heterocycles. The molecule has 0 unspecified atom stereocenters. The molecule has 2 aliphatic rings. The Morgan fingerprint density at radius 1 is 1.08 bits per heavy atom. The number of piperidine rings is 1. The molecule has 2 bridgehead atoms. The van der Waals surface area contributed by atoms with Gasteiger partial charge < -0.3 is 9.64 Å². The predicted octanol–water partition coefficient (Wildman–Crippen LogP) is 2.61. The Kier molecular flexibility index (Phi) is 4.42. The number of methoxy groups -OCH3 is 1. The van der Waals surface area contributed by atoms with Crippen LogP contribution in [0, 0.1) is 0 Å². The van der Waals surface area contributed by atoms with Gasteiger partial charge >= 0.3 is 0 Å². The van der Waals surface area contributed by atoms with E-state index in [0.29, 0.717) is 24.5 Å². The molecule has 6 nitrogen and oxygen atoms in total. The van der Waals surface area contributed by atoms with Gasteiger partial charge in [0.25, 0.3) is 0 Å². The van der Waals surface area contributed by atoms with Gasteiger partial charge in [0.05, 0.1) is 25.5 Å². The van der Waals surface area contributed by atoms with Crippen molar-refractivity contribution < 1.29 is 9.53 Å². The molecule has 6 heteroatoms. The first-order valence-corrected chi connectivity index (χ1v) is 9.04. The minimum atomic E-state index is 0.287. The van der Waals surface area contributed by atoms with Crippen LogP contribution in [-0.4, -0.2) is 45.0 Å². The quantitative estimate of drug-likeness (QED) is 0.839. The van der Waals surface area contributed by atoms with Crippen LogP contribution in [0.25, 0.3) is 0 Å². The number of rotatable bonds is 5. The number of carbonyl (C=O) groups is 1. The lowest BCUT2D eigenvalue weighted by Crippen LogP contribution is -2.47. The zero-order valence-electron chi connectivity index (χ0n) is 14.5. The van der Waals surface area contributed by atoms with Crippen molar-refractivity contribution in [1.29, 1.82) is 0 Å². The largest absolute Gasteiger partial charge is 0.497 e. The number of nitrogens with zero attached hydrogens (tertiary/aromatic N) is 4. The Hall–Kier alpha value is -2.37. The minimum Gasteiger partial charge on any atom is -0.497 e. The number of aryl methyl sites for hydroxylation is 1. The van der Waals surface area contributed by atoms with Crippen molar-refractivity contribution in [1.82, 2.24) is 19.9 Å². The third kappa shape index (κ3) is 3.25. The van der Waals surface area contributed by atoms with E-state index in [-0.39, 0.29) is 5.91 Å². The molecule has 2 atom stereocenters. The maximum absolute atomic E-state index is 12.8. The Bertz CT molecular complexity index is 700. The maximum atomic E-state index is 12.8. The molecule has 0 radical (unpaired) electrons. The van der Waals surface area contributed by atoms with Gasteiger partial charge in [-0.25, -0.2) is 0 Å². The molecule has 132 valence electrons. The number of fused-ring (bicyclic) bond motifs is 2. The Balaban J connectivity index is 1.36. The number of amides is 1. The molecule has 0 aliphatic carbocycles. The summed E-state index contributed by atoms with van der Waals surface area (Å²) < 4.78 is 5.18. The number of benzene rings is 1. The second-order valence-electron chi connectivity index (χ2n) is 7.01. The Labute approximate surface area is 147 Å². The van der Waals surface area contributed by atoms with Gasteiger partial charge in [0, 0.05) is 18.5 Å². The number of carbonyl (C=O) groups excluding carboxylic acids is 1. The zero-order chi connectivity index (χ0) is 17.2. The average molecular weight is 340 g/mol. The molecule has 2 saturated heterocycles. The van der Waals surface area contributed by atoms with Crippen LogP contribution in [0.15, 0.2) is 36.7 Å². The third-order valence-electron chi connectivity index (χ3n) is 5.55. The van der Waals surface area contributed by atoms with Crippen molar-refractivity contribution in [2.45, 2.75) is 56.7 Å². The first kappa shape index (κ1) is 16.1. The SMILES string of the molecule is COc1ccc(CCC(=O)N2[C@H]3CC[C@H]2CC(n2nccn2)C3)cc1. The van der Waals surface area contributed by atoms with Gasteiger partial charge in [0.2, 0.25) is 5.91 Å². The summed E-state index contributed by atoms with van der Waals surface area (Å²) in [6.45, 7) is 0. The topological polar surface area (TPSA) is 60.2 Å². The first-order chi connectivity index (χ1) is 12.2. The monoisotopic (exact) mass is 340 g/mol. The Morgan fingerprint density at radius 3 is 2.32 bits per heavy atom. The normalized spacial score (nSPS) is 25.2. The molecule has 2 fully saturated rings. The summed E-state index contributed by atoms with van der Waals surface area (Å²) >= 11 is 0. The van der Waals surface area contributed by atoms with E-state index < -0.39 is 0 Å². The summed E-state index contributed by atoms with van der Waals surface area (Å²) in [6, 6.07) is 9.00. The highest BCUT2D eigenvalue weighted by atomic mass is 16.5. The second-order valence-corrected chi connectivity index (χ2v) is 7.01. The molecule has 4 rings (SSSR count). The fourth-order valence-corrected chi connectivity index (χ4v) is 4.33. The Morgan fingerprint density at radius 2 is 1.72 bits per heavy atom. The van der Waals surface area contributed by atoms with Gasteiger partial charge in [0.15, 0.2) is 0 Å². The highest BCUT2D eigenvalue weighted by Gasteiger charge is 2.43. The van der Waals surface area contributed by atoms with E-state index in [9.17, 15) is 4.79 Å². The van der Waals surface area contributed by atoms with E-state index in [1.54, 1.807) is 19.5 Å². The van der Waals surface area contributed by atoms with Crippen molar-refractivity contribution in [2.75, 3.05) is 7.11 Å². The average Bonchev–Trinajstić information content (AvgIpc) is 3.27. The highest BCUT2D eigenvalue weighted by Crippen LogP contribution is 2.40. The van der Waals surface area contributed by atoms with Crippen molar-refractivity contribution >= 4 is 5.91 Å². The highest BCUT2D eigenvalue weighted by molar-refractivity contribution is 5.77. The third-order valence-corrected chi connectivity index (χ3v) is 5.55. The van der Waals surface area contributed by atoms with Gasteiger partial charge in [0.1, 0.15) is 5.75 Å². The van der Waals surface area contributed by atoms with Gasteiger partial charge in [-0.1, -0.05) is 12.1 Å². The zero-order valence-corrected chi connectivity index (χ0v) is 14.5. The van der Waals surface area contributed by atoms with Crippen LogP contribution in [0.5, 0.6) is 5.75 Å². The molecule has 1 aromatic heterocycles. The second kappa shape index (κ2) is 6.86. The smallest absolute Gasteiger partial charge is 0.223 e. The molecule has 25 heavy (non-hydrogen) atoms. The maximum Gasteiger partial charge on any atom is 0.223 e. The molecule has 2 aliphatic heterocycles. The van der Waals surface area contributed by atoms with Crippen LogP contribution in [0.4, 0.5) is 0 Å². The summed E-state index contributed by atoms with van der Waals surface area (Å²) in [5.74, 6) is 1.14. The van der Waals surface area contributed by atoms with Crippen molar-refractivity contribution in [3.05, 3.63) is 42.2 Å². The minimum absolute atomic E-state index is 0.287. The van der Waals surface area contributed by atoms with Gasteiger partial charge in [-0.3, -0.25) is 4.79 Å². The number of aromatic nitrogens is 3. The van der Waals surface area contributed by atoms with Crippen LogP contribution in [0.3, 0.4) is 0 Å². The number of hydrogen-bond donors (Lipinski definition) is 0. The summed E-state index contributed by atoms with van der Waals surface area (Å²) in [5, 5.41) is 8.58. The summed E-state index contributed by atoms with van der Waals surface area (Å²) in [5.41, 5.74) is 1.18. The molecule has 2 aromatic rings. The van der Waals surface area contributed by atoms with Crippen molar-refractivity contribution in [2.24, 2.45) is 0 Å². The summed E-state index contributed by atoms with van der Waals surface area (Å²) in [4.78, 5) is 16.8. The lowest BCUT2D eigenvalue weighted by Gasteiger charge is -2.38. The lowest BCUT2D eigenvalue weighted by molar-refractivity contribution is -0.136. The molecule has 0 N–H and O–H groups in total. The van der Waals surface area contributed by atoms with E-state index in [1.807, 2.05) is 29.1 Å². The van der Waals surface area contributed by atoms with Crippen LogP contribution < -0.4 is 4.74 Å². The molecule has 0 spiro atoms. The predicted molar refractivity (Wildman–Crippen MR) is 93.3 cm³/mol. The molecule has 1 aromatic carbocycles. The van der Waals surface area contributed by atoms with E-state index in [2.05, 4.69) is 15.1 Å².